The smallest absolute Gasteiger partial charge is 0.0428 e. The van der Waals surface area contributed by atoms with Crippen molar-refractivity contribution in [2.24, 2.45) is 5.73 Å². The van der Waals surface area contributed by atoms with Gasteiger partial charge in [0, 0.05) is 29.8 Å². The number of halogens is 1. The maximum atomic E-state index is 5.94. The highest BCUT2D eigenvalue weighted by Gasteiger charge is 2.09. The maximum Gasteiger partial charge on any atom is 0.0428 e. The van der Waals surface area contributed by atoms with Gasteiger partial charge >= 0.3 is 0 Å². The summed E-state index contributed by atoms with van der Waals surface area (Å²) in [5.74, 6) is 0. The fourth-order valence-corrected chi connectivity index (χ4v) is 2.98. The van der Waals surface area contributed by atoms with Gasteiger partial charge in [0.1, 0.15) is 0 Å². The maximum absolute atomic E-state index is 5.94. The molecule has 106 valence electrons. The number of hydrogen-bond acceptors (Lipinski definition) is 2. The predicted molar refractivity (Wildman–Crippen MR) is 90.0 cm³/mol. The molecule has 2 N–H and O–H groups in total. The molecule has 2 aromatic carbocycles. The number of nitrogens with two attached hydrogens (primary N) is 1. The molecule has 0 radical (unpaired) electrons. The zero-order chi connectivity index (χ0) is 14.7. The third-order valence-electron chi connectivity index (χ3n) is 3.58. The quantitative estimate of drug-likeness (QED) is 0.898. The summed E-state index contributed by atoms with van der Waals surface area (Å²) in [4.78, 5) is 2.25. The van der Waals surface area contributed by atoms with Gasteiger partial charge in [-0.25, -0.2) is 0 Å². The van der Waals surface area contributed by atoms with Crippen molar-refractivity contribution in [1.29, 1.82) is 0 Å². The highest BCUT2D eigenvalue weighted by molar-refractivity contribution is 9.10. The van der Waals surface area contributed by atoms with Gasteiger partial charge in [0.15, 0.2) is 0 Å². The van der Waals surface area contributed by atoms with Crippen molar-refractivity contribution in [2.75, 3.05) is 11.9 Å². The Bertz CT molecular complexity index is 593. The van der Waals surface area contributed by atoms with E-state index in [4.69, 9.17) is 5.73 Å². The lowest BCUT2D eigenvalue weighted by atomic mass is 10.1. The summed E-state index contributed by atoms with van der Waals surface area (Å²) < 4.78 is 1.07. The average Bonchev–Trinajstić information content (AvgIpc) is 2.40. The molecule has 0 spiro atoms. The minimum Gasteiger partial charge on any atom is -0.370 e. The van der Waals surface area contributed by atoms with E-state index < -0.39 is 0 Å². The van der Waals surface area contributed by atoms with E-state index in [9.17, 15) is 0 Å². The Hall–Kier alpha value is -1.32. The molecular formula is C17H21BrN2. The highest BCUT2D eigenvalue weighted by Crippen LogP contribution is 2.27. The number of benzene rings is 2. The predicted octanol–water partition coefficient (Wildman–Crippen LogP) is 4.41. The van der Waals surface area contributed by atoms with Crippen molar-refractivity contribution < 1.29 is 0 Å². The van der Waals surface area contributed by atoms with Gasteiger partial charge in [-0.15, -0.1) is 0 Å². The molecule has 0 aliphatic carbocycles. The molecule has 0 amide bonds. The zero-order valence-electron chi connectivity index (χ0n) is 12.2. The van der Waals surface area contributed by atoms with Crippen molar-refractivity contribution in [1.82, 2.24) is 0 Å². The van der Waals surface area contributed by atoms with Crippen LogP contribution in [0.4, 0.5) is 5.69 Å². The van der Waals surface area contributed by atoms with Crippen molar-refractivity contribution in [3.8, 4) is 0 Å². The molecule has 0 unspecified atom stereocenters. The summed E-state index contributed by atoms with van der Waals surface area (Å²) >= 11 is 3.61. The monoisotopic (exact) mass is 332 g/mol. The van der Waals surface area contributed by atoms with Crippen LogP contribution in [-0.4, -0.2) is 7.05 Å². The second-order valence-corrected chi connectivity index (χ2v) is 6.13. The van der Waals surface area contributed by atoms with E-state index in [1.54, 1.807) is 0 Å². The lowest BCUT2D eigenvalue weighted by Crippen LogP contribution is -2.17. The number of rotatable bonds is 4. The zero-order valence-corrected chi connectivity index (χ0v) is 13.8. The summed E-state index contributed by atoms with van der Waals surface area (Å²) in [7, 11) is 2.11. The number of nitrogens with zero attached hydrogens (tertiary/aromatic N) is 1. The molecule has 0 bridgehead atoms. The second kappa shape index (κ2) is 6.42. The third-order valence-corrected chi connectivity index (χ3v) is 4.27. The average molecular weight is 333 g/mol. The van der Waals surface area contributed by atoms with E-state index in [1.807, 2.05) is 6.92 Å². The van der Waals surface area contributed by atoms with Crippen molar-refractivity contribution >= 4 is 21.6 Å². The molecule has 0 fully saturated rings. The Kier molecular flexibility index (Phi) is 4.84. The largest absolute Gasteiger partial charge is 0.370 e. The molecule has 2 aromatic rings. The van der Waals surface area contributed by atoms with Crippen molar-refractivity contribution in [2.45, 2.75) is 26.4 Å². The van der Waals surface area contributed by atoms with Crippen LogP contribution in [0.1, 0.15) is 29.7 Å². The van der Waals surface area contributed by atoms with E-state index in [1.165, 1.54) is 16.8 Å². The van der Waals surface area contributed by atoms with E-state index in [0.717, 1.165) is 16.6 Å². The second-order valence-electron chi connectivity index (χ2n) is 5.28. The van der Waals surface area contributed by atoms with E-state index in [0.29, 0.717) is 0 Å². The minimum atomic E-state index is 0.0418. The molecule has 20 heavy (non-hydrogen) atoms. The molecule has 0 aliphatic heterocycles. The molecule has 3 heteroatoms. The van der Waals surface area contributed by atoms with Crippen LogP contribution in [0, 0.1) is 6.92 Å². The van der Waals surface area contributed by atoms with E-state index >= 15 is 0 Å². The van der Waals surface area contributed by atoms with Gasteiger partial charge in [-0.3, -0.25) is 0 Å². The fraction of sp³-hybridized carbons (Fsp3) is 0.294. The third kappa shape index (κ3) is 3.41. The number of aryl methyl sites for hydroxylation is 1. The first-order valence-corrected chi connectivity index (χ1v) is 7.59. The van der Waals surface area contributed by atoms with Crippen molar-refractivity contribution in [3.05, 3.63) is 63.6 Å². The van der Waals surface area contributed by atoms with Gasteiger partial charge < -0.3 is 10.6 Å². The van der Waals surface area contributed by atoms with Gasteiger partial charge in [0.2, 0.25) is 0 Å². The lowest BCUT2D eigenvalue weighted by Gasteiger charge is -2.22. The van der Waals surface area contributed by atoms with Crippen LogP contribution >= 0.6 is 15.9 Å². The Balaban J connectivity index is 2.20. The SMILES string of the molecule is Cc1ccccc1CN(C)c1ccc([C@@H](C)N)c(Br)c1. The summed E-state index contributed by atoms with van der Waals surface area (Å²) in [5.41, 5.74) is 10.9. The van der Waals surface area contributed by atoms with Crippen LogP contribution in [0.2, 0.25) is 0 Å². The van der Waals surface area contributed by atoms with Gasteiger partial charge in [-0.2, -0.15) is 0 Å². The van der Waals surface area contributed by atoms with Gasteiger partial charge in [0.25, 0.3) is 0 Å². The number of anilines is 1. The van der Waals surface area contributed by atoms with Gasteiger partial charge in [-0.05, 0) is 42.7 Å². The molecular weight excluding hydrogens is 312 g/mol. The Labute approximate surface area is 129 Å². The molecule has 1 atom stereocenters. The van der Waals surface area contributed by atoms with Crippen LogP contribution in [0.15, 0.2) is 46.9 Å². The molecule has 0 aliphatic rings. The Morgan fingerprint density at radius 3 is 2.50 bits per heavy atom. The molecule has 2 nitrogen and oxygen atoms in total. The fourth-order valence-electron chi connectivity index (χ4n) is 2.26. The molecule has 2 rings (SSSR count). The molecule has 0 saturated carbocycles. The summed E-state index contributed by atoms with van der Waals surface area (Å²) in [6.07, 6.45) is 0. The van der Waals surface area contributed by atoms with Crippen LogP contribution in [0.5, 0.6) is 0 Å². The van der Waals surface area contributed by atoms with E-state index in [2.05, 4.69) is 77.3 Å². The summed E-state index contributed by atoms with van der Waals surface area (Å²) in [6.45, 7) is 5.05. The topological polar surface area (TPSA) is 29.3 Å². The molecule has 0 heterocycles. The first-order valence-electron chi connectivity index (χ1n) is 6.79. The summed E-state index contributed by atoms with van der Waals surface area (Å²) in [5, 5.41) is 0. The number of hydrogen-bond donors (Lipinski definition) is 1. The van der Waals surface area contributed by atoms with Gasteiger partial charge in [-0.1, -0.05) is 46.3 Å². The lowest BCUT2D eigenvalue weighted by molar-refractivity contribution is 0.811. The van der Waals surface area contributed by atoms with Crippen LogP contribution in [-0.2, 0) is 6.54 Å². The first kappa shape index (κ1) is 15.1. The molecule has 0 aromatic heterocycles. The Morgan fingerprint density at radius 2 is 1.90 bits per heavy atom. The first-order chi connectivity index (χ1) is 9.49. The molecule has 0 saturated heterocycles. The highest BCUT2D eigenvalue weighted by atomic mass is 79.9. The standard InChI is InChI=1S/C17H21BrN2/c1-12-6-4-5-7-14(12)11-20(3)15-8-9-16(13(2)19)17(18)10-15/h4-10,13H,11,19H2,1-3H3/t13-/m1/s1. The minimum absolute atomic E-state index is 0.0418. The van der Waals surface area contributed by atoms with E-state index in [-0.39, 0.29) is 6.04 Å². The van der Waals surface area contributed by atoms with Crippen LogP contribution in [0.3, 0.4) is 0 Å². The van der Waals surface area contributed by atoms with Crippen molar-refractivity contribution in [3.63, 3.8) is 0 Å². The van der Waals surface area contributed by atoms with Gasteiger partial charge in [0.05, 0.1) is 0 Å². The van der Waals surface area contributed by atoms with Crippen LogP contribution in [0.25, 0.3) is 0 Å². The Morgan fingerprint density at radius 1 is 1.20 bits per heavy atom. The summed E-state index contributed by atoms with van der Waals surface area (Å²) in [6, 6.07) is 14.9. The normalized spacial score (nSPS) is 12.2. The van der Waals surface area contributed by atoms with Crippen LogP contribution < -0.4 is 10.6 Å².